The van der Waals surface area contributed by atoms with E-state index in [1.165, 1.54) is 19.4 Å². The van der Waals surface area contributed by atoms with Crippen LogP contribution in [0.25, 0.3) is 11.0 Å². The zero-order valence-corrected chi connectivity index (χ0v) is 10.1. The van der Waals surface area contributed by atoms with Crippen LogP contribution in [0.4, 0.5) is 0 Å². The summed E-state index contributed by atoms with van der Waals surface area (Å²) >= 11 is 0. The fourth-order valence-electron chi connectivity index (χ4n) is 1.33. The lowest BCUT2D eigenvalue weighted by molar-refractivity contribution is 0.399. The van der Waals surface area contributed by atoms with Crippen molar-refractivity contribution >= 4 is 21.2 Å². The molecule has 0 N–H and O–H groups in total. The van der Waals surface area contributed by atoms with Crippen LogP contribution < -0.4 is 8.92 Å². The predicted molar refractivity (Wildman–Crippen MR) is 61.6 cm³/mol. The Labute approximate surface area is 98.3 Å². The summed E-state index contributed by atoms with van der Waals surface area (Å²) in [4.78, 5) is 8.16. The summed E-state index contributed by atoms with van der Waals surface area (Å²) < 4.78 is 32.0. The summed E-state index contributed by atoms with van der Waals surface area (Å²) in [6, 6.07) is 4.76. The molecule has 7 heteroatoms. The number of ether oxygens (including phenoxy) is 1. The average molecular weight is 254 g/mol. The SMILES string of the molecule is COc1ccc2nccc(OS(C)(=O)=O)c2n1. The van der Waals surface area contributed by atoms with Crippen molar-refractivity contribution in [3.8, 4) is 11.6 Å². The van der Waals surface area contributed by atoms with Crippen LogP contribution in [0.15, 0.2) is 24.4 Å². The van der Waals surface area contributed by atoms with Gasteiger partial charge in [0.25, 0.3) is 0 Å². The van der Waals surface area contributed by atoms with Gasteiger partial charge in [0.1, 0.15) is 5.52 Å². The molecule has 0 atom stereocenters. The highest BCUT2D eigenvalue weighted by molar-refractivity contribution is 7.86. The van der Waals surface area contributed by atoms with Gasteiger partial charge in [-0.1, -0.05) is 0 Å². The van der Waals surface area contributed by atoms with Crippen LogP contribution in [-0.2, 0) is 10.1 Å². The van der Waals surface area contributed by atoms with Crippen LogP contribution in [0, 0.1) is 0 Å². The third-order valence-corrected chi connectivity index (χ3v) is 2.45. The minimum atomic E-state index is -3.60. The Kier molecular flexibility index (Phi) is 2.84. The number of hydrogen-bond donors (Lipinski definition) is 0. The average Bonchev–Trinajstić information content (AvgIpc) is 2.27. The van der Waals surface area contributed by atoms with Crippen molar-refractivity contribution < 1.29 is 17.3 Å². The summed E-state index contributed by atoms with van der Waals surface area (Å²) in [7, 11) is -2.12. The van der Waals surface area contributed by atoms with Gasteiger partial charge in [0.15, 0.2) is 5.75 Å². The standard InChI is InChI=1S/C10H10N2O4S/c1-15-9-4-3-7-10(12-9)8(5-6-11-7)16-17(2,13)14/h3-6H,1-2H3. The maximum absolute atomic E-state index is 11.1. The van der Waals surface area contributed by atoms with Gasteiger partial charge in [-0.3, -0.25) is 4.98 Å². The second-order valence-corrected chi connectivity index (χ2v) is 4.89. The molecule has 2 rings (SSSR count). The fraction of sp³-hybridized carbons (Fsp3) is 0.200. The van der Waals surface area contributed by atoms with Gasteiger partial charge in [-0.15, -0.1) is 0 Å². The van der Waals surface area contributed by atoms with Gasteiger partial charge in [0.05, 0.1) is 18.9 Å². The molecule has 0 aliphatic rings. The van der Waals surface area contributed by atoms with Crippen LogP contribution in [0.3, 0.4) is 0 Å². The number of rotatable bonds is 3. The maximum Gasteiger partial charge on any atom is 0.306 e. The van der Waals surface area contributed by atoms with Gasteiger partial charge in [-0.05, 0) is 6.07 Å². The van der Waals surface area contributed by atoms with Crippen molar-refractivity contribution in [2.45, 2.75) is 0 Å². The zero-order chi connectivity index (χ0) is 12.5. The Morgan fingerprint density at radius 1 is 1.24 bits per heavy atom. The van der Waals surface area contributed by atoms with Crippen LogP contribution in [0.1, 0.15) is 0 Å². The van der Waals surface area contributed by atoms with E-state index in [0.29, 0.717) is 16.9 Å². The summed E-state index contributed by atoms with van der Waals surface area (Å²) in [5, 5.41) is 0. The van der Waals surface area contributed by atoms with Crippen molar-refractivity contribution in [3.05, 3.63) is 24.4 Å². The van der Waals surface area contributed by atoms with E-state index in [-0.39, 0.29) is 5.75 Å². The minimum Gasteiger partial charge on any atom is -0.481 e. The molecule has 0 aliphatic heterocycles. The van der Waals surface area contributed by atoms with Gasteiger partial charge in [-0.25, -0.2) is 4.98 Å². The third kappa shape index (κ3) is 2.62. The summed E-state index contributed by atoms with van der Waals surface area (Å²) in [5.41, 5.74) is 0.879. The lowest BCUT2D eigenvalue weighted by Gasteiger charge is -2.06. The lowest BCUT2D eigenvalue weighted by atomic mass is 10.3. The fourth-order valence-corrected chi connectivity index (χ4v) is 1.79. The third-order valence-electron chi connectivity index (χ3n) is 1.97. The second kappa shape index (κ2) is 4.17. The Morgan fingerprint density at radius 3 is 2.65 bits per heavy atom. The molecule has 0 radical (unpaired) electrons. The molecular weight excluding hydrogens is 244 g/mol. The first-order valence-corrected chi connectivity index (χ1v) is 6.50. The number of pyridine rings is 2. The molecule has 2 heterocycles. The Bertz CT molecular complexity index is 654. The first kappa shape index (κ1) is 11.6. The first-order valence-electron chi connectivity index (χ1n) is 4.69. The second-order valence-electron chi connectivity index (χ2n) is 3.32. The largest absolute Gasteiger partial charge is 0.481 e. The number of hydrogen-bond acceptors (Lipinski definition) is 6. The van der Waals surface area contributed by atoms with E-state index in [2.05, 4.69) is 9.97 Å². The molecule has 0 saturated heterocycles. The minimum absolute atomic E-state index is 0.136. The number of fused-ring (bicyclic) bond motifs is 1. The van der Waals surface area contributed by atoms with Crippen LogP contribution >= 0.6 is 0 Å². The van der Waals surface area contributed by atoms with Crippen molar-refractivity contribution in [1.29, 1.82) is 0 Å². The van der Waals surface area contributed by atoms with Gasteiger partial charge in [-0.2, -0.15) is 8.42 Å². The summed E-state index contributed by atoms with van der Waals surface area (Å²) in [6.45, 7) is 0. The Morgan fingerprint density at radius 2 is 2.00 bits per heavy atom. The topological polar surface area (TPSA) is 78.4 Å². The Hall–Kier alpha value is -1.89. The smallest absolute Gasteiger partial charge is 0.306 e. The van der Waals surface area contributed by atoms with E-state index in [9.17, 15) is 8.42 Å². The van der Waals surface area contributed by atoms with E-state index < -0.39 is 10.1 Å². The monoisotopic (exact) mass is 254 g/mol. The molecule has 0 unspecified atom stereocenters. The van der Waals surface area contributed by atoms with E-state index in [1.807, 2.05) is 0 Å². The highest BCUT2D eigenvalue weighted by atomic mass is 32.2. The van der Waals surface area contributed by atoms with E-state index >= 15 is 0 Å². The highest BCUT2D eigenvalue weighted by Crippen LogP contribution is 2.24. The van der Waals surface area contributed by atoms with Crippen molar-refractivity contribution in [1.82, 2.24) is 9.97 Å². The van der Waals surface area contributed by atoms with Crippen molar-refractivity contribution in [3.63, 3.8) is 0 Å². The molecular formula is C10H10N2O4S. The molecule has 0 saturated carbocycles. The van der Waals surface area contributed by atoms with Gasteiger partial charge in [0.2, 0.25) is 5.88 Å². The van der Waals surface area contributed by atoms with Crippen molar-refractivity contribution in [2.75, 3.05) is 13.4 Å². The van der Waals surface area contributed by atoms with Gasteiger partial charge >= 0.3 is 10.1 Å². The van der Waals surface area contributed by atoms with Crippen LogP contribution in [0.5, 0.6) is 11.6 Å². The predicted octanol–water partition coefficient (Wildman–Crippen LogP) is 0.977. The molecule has 2 aromatic heterocycles. The van der Waals surface area contributed by atoms with Gasteiger partial charge in [0, 0.05) is 18.3 Å². The number of methoxy groups -OCH3 is 1. The summed E-state index contributed by atoms with van der Waals surface area (Å²) in [5.74, 6) is 0.500. The zero-order valence-electron chi connectivity index (χ0n) is 9.25. The van der Waals surface area contributed by atoms with E-state index in [4.69, 9.17) is 8.92 Å². The number of aromatic nitrogens is 2. The van der Waals surface area contributed by atoms with E-state index in [0.717, 1.165) is 6.26 Å². The van der Waals surface area contributed by atoms with E-state index in [1.54, 1.807) is 12.1 Å². The van der Waals surface area contributed by atoms with Crippen molar-refractivity contribution in [2.24, 2.45) is 0 Å². The molecule has 6 nitrogen and oxygen atoms in total. The number of nitrogens with zero attached hydrogens (tertiary/aromatic N) is 2. The van der Waals surface area contributed by atoms with Gasteiger partial charge < -0.3 is 8.92 Å². The molecule has 0 amide bonds. The first-order chi connectivity index (χ1) is 7.99. The summed E-state index contributed by atoms with van der Waals surface area (Å²) in [6.07, 6.45) is 2.43. The van der Waals surface area contributed by atoms with Crippen LogP contribution in [0.2, 0.25) is 0 Å². The molecule has 0 fully saturated rings. The molecule has 2 aromatic rings. The highest BCUT2D eigenvalue weighted by Gasteiger charge is 2.11. The molecule has 90 valence electrons. The lowest BCUT2D eigenvalue weighted by Crippen LogP contribution is -2.06. The Balaban J connectivity index is 2.62. The molecule has 0 spiro atoms. The molecule has 0 bridgehead atoms. The molecule has 17 heavy (non-hydrogen) atoms. The quantitative estimate of drug-likeness (QED) is 0.760. The molecule has 0 aromatic carbocycles. The normalized spacial score (nSPS) is 11.4. The molecule has 0 aliphatic carbocycles. The van der Waals surface area contributed by atoms with Crippen LogP contribution in [-0.4, -0.2) is 31.8 Å². The maximum atomic E-state index is 11.1.